The third kappa shape index (κ3) is 3.77. The van der Waals surface area contributed by atoms with E-state index >= 15 is 0 Å². The molecule has 20 heavy (non-hydrogen) atoms. The van der Waals surface area contributed by atoms with Crippen LogP contribution >= 0.6 is 11.6 Å². The molecule has 1 aliphatic rings. The summed E-state index contributed by atoms with van der Waals surface area (Å²) in [5.74, 6) is 4.74. The van der Waals surface area contributed by atoms with Crippen LogP contribution in [0.4, 0.5) is 0 Å². The van der Waals surface area contributed by atoms with Crippen molar-refractivity contribution in [3.63, 3.8) is 0 Å². The van der Waals surface area contributed by atoms with Crippen molar-refractivity contribution < 1.29 is 9.21 Å². The second-order valence-electron chi connectivity index (χ2n) is 5.12. The van der Waals surface area contributed by atoms with Crippen molar-refractivity contribution in [3.05, 3.63) is 29.7 Å². The van der Waals surface area contributed by atoms with Gasteiger partial charge in [0.1, 0.15) is 11.5 Å². The molecule has 1 aromatic rings. The Morgan fingerprint density at radius 2 is 2.35 bits per heavy atom. The number of furan rings is 1. The number of hydrogen-bond acceptors (Lipinski definition) is 2. The Morgan fingerprint density at radius 1 is 1.50 bits per heavy atom. The van der Waals surface area contributed by atoms with E-state index in [0.717, 1.165) is 49.2 Å². The van der Waals surface area contributed by atoms with E-state index in [2.05, 4.69) is 12.0 Å². The molecule has 1 heterocycles. The van der Waals surface area contributed by atoms with Crippen molar-refractivity contribution in [1.82, 2.24) is 0 Å². The number of Topliss-reactive ketones (excluding diaryl/α,β-unsaturated/α-hetero) is 1. The molecule has 0 fully saturated rings. The van der Waals surface area contributed by atoms with Crippen molar-refractivity contribution in [2.45, 2.75) is 38.5 Å². The largest absolute Gasteiger partial charge is 0.461 e. The average molecular weight is 291 g/mol. The monoisotopic (exact) mass is 290 g/mol. The number of carbonyl (C=O) groups excluding carboxylic acids is 1. The molecule has 1 aromatic heterocycles. The second kappa shape index (κ2) is 7.36. The lowest BCUT2D eigenvalue weighted by molar-refractivity contribution is -0.114. The van der Waals surface area contributed by atoms with Crippen LogP contribution in [0.2, 0.25) is 0 Å². The van der Waals surface area contributed by atoms with E-state index in [0.29, 0.717) is 12.3 Å². The highest BCUT2D eigenvalue weighted by molar-refractivity contribution is 6.17. The standard InChI is InChI=1S/C17H19ClO2/c1-2-14(19)12-13-6-3-4-8-16(13)17-10-9-15(20-17)7-5-11-18/h1,8-10,13H,3-7,11-12H2. The second-order valence-corrected chi connectivity index (χ2v) is 5.50. The summed E-state index contributed by atoms with van der Waals surface area (Å²) in [5.41, 5.74) is 1.14. The molecule has 1 unspecified atom stereocenters. The van der Waals surface area contributed by atoms with Crippen LogP contribution in [0.25, 0.3) is 5.57 Å². The van der Waals surface area contributed by atoms with Gasteiger partial charge >= 0.3 is 0 Å². The van der Waals surface area contributed by atoms with Crippen molar-refractivity contribution in [1.29, 1.82) is 0 Å². The molecule has 1 atom stereocenters. The van der Waals surface area contributed by atoms with Gasteiger partial charge in [0.25, 0.3) is 0 Å². The summed E-state index contributed by atoms with van der Waals surface area (Å²) in [6.45, 7) is 0. The summed E-state index contributed by atoms with van der Waals surface area (Å²) in [6.07, 6.45) is 12.7. The number of halogens is 1. The molecule has 0 aromatic carbocycles. The van der Waals surface area contributed by atoms with Gasteiger partial charge in [0, 0.05) is 18.7 Å². The molecule has 0 saturated carbocycles. The van der Waals surface area contributed by atoms with Gasteiger partial charge in [0.15, 0.2) is 0 Å². The normalized spacial score (nSPS) is 18.4. The van der Waals surface area contributed by atoms with Crippen molar-refractivity contribution in [3.8, 4) is 12.3 Å². The van der Waals surface area contributed by atoms with Gasteiger partial charge < -0.3 is 4.42 Å². The predicted molar refractivity (Wildman–Crippen MR) is 81.5 cm³/mol. The maximum atomic E-state index is 11.5. The molecule has 3 heteroatoms. The smallest absolute Gasteiger partial charge is 0.205 e. The minimum atomic E-state index is -0.128. The van der Waals surface area contributed by atoms with E-state index in [1.54, 1.807) is 0 Å². The molecule has 0 saturated heterocycles. The van der Waals surface area contributed by atoms with E-state index < -0.39 is 0 Å². The van der Waals surface area contributed by atoms with Crippen LogP contribution in [-0.4, -0.2) is 11.7 Å². The first-order valence-corrected chi connectivity index (χ1v) is 7.62. The highest BCUT2D eigenvalue weighted by atomic mass is 35.5. The van der Waals surface area contributed by atoms with Crippen LogP contribution in [0.3, 0.4) is 0 Å². The lowest BCUT2D eigenvalue weighted by Gasteiger charge is -2.21. The summed E-state index contributed by atoms with van der Waals surface area (Å²) in [5, 5.41) is 0. The highest BCUT2D eigenvalue weighted by Gasteiger charge is 2.23. The van der Waals surface area contributed by atoms with Gasteiger partial charge in [0.05, 0.1) is 0 Å². The molecule has 2 rings (SSSR count). The summed E-state index contributed by atoms with van der Waals surface area (Å²) in [7, 11) is 0. The van der Waals surface area contributed by atoms with Gasteiger partial charge in [-0.3, -0.25) is 4.79 Å². The SMILES string of the molecule is C#CC(=O)CC1CCCC=C1c1ccc(CCCCl)o1. The molecule has 0 radical (unpaired) electrons. The first kappa shape index (κ1) is 14.9. The zero-order chi connectivity index (χ0) is 14.4. The maximum Gasteiger partial charge on any atom is 0.205 e. The summed E-state index contributed by atoms with van der Waals surface area (Å²) in [4.78, 5) is 11.5. The average Bonchev–Trinajstić information content (AvgIpc) is 2.94. The number of aryl methyl sites for hydroxylation is 1. The van der Waals surface area contributed by atoms with Crippen LogP contribution in [-0.2, 0) is 11.2 Å². The summed E-state index contributed by atoms with van der Waals surface area (Å²) in [6, 6.07) is 3.99. The maximum absolute atomic E-state index is 11.5. The quantitative estimate of drug-likeness (QED) is 0.446. The van der Waals surface area contributed by atoms with Crippen LogP contribution in [0.15, 0.2) is 22.6 Å². The molecule has 0 aliphatic heterocycles. The molecule has 2 nitrogen and oxygen atoms in total. The minimum Gasteiger partial charge on any atom is -0.461 e. The molecule has 0 spiro atoms. The van der Waals surface area contributed by atoms with Crippen LogP contribution in [0.1, 0.15) is 43.6 Å². The molecular weight excluding hydrogens is 272 g/mol. The number of terminal acetylenes is 1. The van der Waals surface area contributed by atoms with Crippen molar-refractivity contribution >= 4 is 23.0 Å². The van der Waals surface area contributed by atoms with Gasteiger partial charge in [-0.05, 0) is 55.2 Å². The number of allylic oxidation sites excluding steroid dienone is 2. The Hall–Kier alpha value is -1.46. The van der Waals surface area contributed by atoms with Gasteiger partial charge in [-0.2, -0.15) is 0 Å². The third-order valence-electron chi connectivity index (χ3n) is 3.66. The fourth-order valence-electron chi connectivity index (χ4n) is 2.65. The zero-order valence-corrected chi connectivity index (χ0v) is 12.3. The van der Waals surface area contributed by atoms with Crippen LogP contribution < -0.4 is 0 Å². The van der Waals surface area contributed by atoms with E-state index in [4.69, 9.17) is 22.4 Å². The van der Waals surface area contributed by atoms with Crippen molar-refractivity contribution in [2.24, 2.45) is 5.92 Å². The molecule has 0 N–H and O–H groups in total. The van der Waals surface area contributed by atoms with Crippen molar-refractivity contribution in [2.75, 3.05) is 5.88 Å². The molecular formula is C17H19ClO2. The number of ketones is 1. The van der Waals surface area contributed by atoms with Gasteiger partial charge in [0.2, 0.25) is 5.78 Å². The topological polar surface area (TPSA) is 30.2 Å². The predicted octanol–water partition coefficient (Wildman–Crippen LogP) is 4.23. The Kier molecular flexibility index (Phi) is 5.49. The van der Waals surface area contributed by atoms with E-state index in [1.165, 1.54) is 0 Å². The molecule has 0 bridgehead atoms. The van der Waals surface area contributed by atoms with Gasteiger partial charge in [-0.1, -0.05) is 6.08 Å². The Balaban J connectivity index is 2.11. The lowest BCUT2D eigenvalue weighted by atomic mass is 9.83. The van der Waals surface area contributed by atoms with Gasteiger partial charge in [-0.15, -0.1) is 18.0 Å². The van der Waals surface area contributed by atoms with E-state index in [-0.39, 0.29) is 11.7 Å². The first-order chi connectivity index (χ1) is 9.74. The van der Waals surface area contributed by atoms with Crippen LogP contribution in [0, 0.1) is 18.3 Å². The van der Waals surface area contributed by atoms with E-state index in [9.17, 15) is 4.79 Å². The van der Waals surface area contributed by atoms with E-state index in [1.807, 2.05) is 12.1 Å². The first-order valence-electron chi connectivity index (χ1n) is 7.09. The lowest BCUT2D eigenvalue weighted by Crippen LogP contribution is -2.12. The summed E-state index contributed by atoms with van der Waals surface area (Å²) < 4.78 is 5.88. The Labute approximate surface area is 125 Å². The Bertz CT molecular complexity index is 533. The molecule has 1 aliphatic carbocycles. The van der Waals surface area contributed by atoms with Crippen LogP contribution in [0.5, 0.6) is 0 Å². The molecule has 0 amide bonds. The Morgan fingerprint density at radius 3 is 3.10 bits per heavy atom. The fraction of sp³-hybridized carbons (Fsp3) is 0.471. The fourth-order valence-corrected chi connectivity index (χ4v) is 2.78. The number of carbonyl (C=O) groups is 1. The number of hydrogen-bond donors (Lipinski definition) is 0. The molecule has 106 valence electrons. The minimum absolute atomic E-state index is 0.128. The number of alkyl halides is 1. The van der Waals surface area contributed by atoms with Gasteiger partial charge in [-0.25, -0.2) is 0 Å². The third-order valence-corrected chi connectivity index (χ3v) is 3.92. The number of rotatable bonds is 6. The summed E-state index contributed by atoms with van der Waals surface area (Å²) >= 11 is 5.69. The zero-order valence-electron chi connectivity index (χ0n) is 11.5. The highest BCUT2D eigenvalue weighted by Crippen LogP contribution is 2.35.